The normalized spacial score (nSPS) is 23.9. The van der Waals surface area contributed by atoms with Crippen LogP contribution in [0.25, 0.3) is 11.2 Å². The maximum absolute atomic E-state index is 11.7. The van der Waals surface area contributed by atoms with E-state index in [1.807, 2.05) is 4.57 Å². The minimum absolute atomic E-state index is 0.117. The van der Waals surface area contributed by atoms with Crippen molar-refractivity contribution >= 4 is 17.1 Å². The first kappa shape index (κ1) is 11.0. The molecule has 18 heavy (non-hydrogen) atoms. The SMILES string of the molecule is C=C1C(C)CCC1n1cnc2c(=O)[nH]c(N)nc21. The van der Waals surface area contributed by atoms with Gasteiger partial charge in [0.05, 0.1) is 12.4 Å². The highest BCUT2D eigenvalue weighted by atomic mass is 16.1. The number of hydrogen-bond acceptors (Lipinski definition) is 4. The lowest BCUT2D eigenvalue weighted by Gasteiger charge is -2.14. The molecule has 0 aromatic carbocycles. The van der Waals surface area contributed by atoms with Gasteiger partial charge in [-0.25, -0.2) is 4.98 Å². The molecule has 3 N–H and O–H groups in total. The number of anilines is 1. The average Bonchev–Trinajstić information content (AvgIpc) is 2.85. The number of H-pyrrole nitrogens is 1. The molecule has 2 heterocycles. The number of imidazole rings is 1. The predicted molar refractivity (Wildman–Crippen MR) is 69.1 cm³/mol. The highest BCUT2D eigenvalue weighted by Crippen LogP contribution is 2.39. The standard InChI is InChI=1S/C12H15N5O/c1-6-3-4-8(7(6)2)17-5-14-9-10(17)15-12(13)16-11(9)18/h5-6,8H,2-4H2,1H3,(H3,13,15,16,18). The zero-order valence-electron chi connectivity index (χ0n) is 10.2. The molecule has 0 bridgehead atoms. The molecule has 3 rings (SSSR count). The first-order chi connectivity index (χ1) is 8.58. The van der Waals surface area contributed by atoms with Crippen LogP contribution in [0.4, 0.5) is 5.95 Å². The molecule has 0 spiro atoms. The van der Waals surface area contributed by atoms with E-state index >= 15 is 0 Å². The lowest BCUT2D eigenvalue weighted by atomic mass is 10.1. The van der Waals surface area contributed by atoms with E-state index in [4.69, 9.17) is 5.73 Å². The van der Waals surface area contributed by atoms with Crippen molar-refractivity contribution in [3.05, 3.63) is 28.8 Å². The summed E-state index contributed by atoms with van der Waals surface area (Å²) in [6.07, 6.45) is 3.75. The molecule has 1 saturated carbocycles. The van der Waals surface area contributed by atoms with E-state index in [2.05, 4.69) is 28.5 Å². The summed E-state index contributed by atoms with van der Waals surface area (Å²) >= 11 is 0. The molecule has 2 aromatic rings. The zero-order valence-corrected chi connectivity index (χ0v) is 10.2. The fraction of sp³-hybridized carbons (Fsp3) is 0.417. The molecule has 2 atom stereocenters. The lowest BCUT2D eigenvalue weighted by Crippen LogP contribution is -2.14. The Morgan fingerprint density at radius 1 is 1.56 bits per heavy atom. The molecular weight excluding hydrogens is 230 g/mol. The van der Waals surface area contributed by atoms with Crippen molar-refractivity contribution in [3.8, 4) is 0 Å². The van der Waals surface area contributed by atoms with Crippen molar-refractivity contribution in [1.82, 2.24) is 19.5 Å². The van der Waals surface area contributed by atoms with Crippen molar-refractivity contribution in [3.63, 3.8) is 0 Å². The largest absolute Gasteiger partial charge is 0.369 e. The molecule has 1 aliphatic rings. The van der Waals surface area contributed by atoms with Gasteiger partial charge in [0.15, 0.2) is 11.2 Å². The van der Waals surface area contributed by atoms with E-state index in [0.717, 1.165) is 18.4 Å². The van der Waals surface area contributed by atoms with Gasteiger partial charge in [-0.3, -0.25) is 9.78 Å². The van der Waals surface area contributed by atoms with Gasteiger partial charge in [0, 0.05) is 0 Å². The first-order valence-electron chi connectivity index (χ1n) is 5.99. The third-order valence-electron chi connectivity index (χ3n) is 3.72. The Bertz CT molecular complexity index is 683. The molecule has 2 aromatic heterocycles. The second kappa shape index (κ2) is 3.69. The molecule has 6 nitrogen and oxygen atoms in total. The molecule has 0 aliphatic heterocycles. The Hall–Kier alpha value is -2.11. The number of fused-ring (bicyclic) bond motifs is 1. The number of aromatic amines is 1. The van der Waals surface area contributed by atoms with Crippen molar-refractivity contribution in [1.29, 1.82) is 0 Å². The monoisotopic (exact) mass is 245 g/mol. The fourth-order valence-corrected chi connectivity index (χ4v) is 2.60. The Morgan fingerprint density at radius 2 is 2.33 bits per heavy atom. The number of hydrogen-bond donors (Lipinski definition) is 2. The molecule has 6 heteroatoms. The molecule has 1 fully saturated rings. The highest BCUT2D eigenvalue weighted by Gasteiger charge is 2.28. The van der Waals surface area contributed by atoms with Crippen LogP contribution >= 0.6 is 0 Å². The van der Waals surface area contributed by atoms with E-state index in [9.17, 15) is 4.79 Å². The van der Waals surface area contributed by atoms with Crippen LogP contribution < -0.4 is 11.3 Å². The maximum atomic E-state index is 11.7. The lowest BCUT2D eigenvalue weighted by molar-refractivity contribution is 0.597. The molecule has 94 valence electrons. The van der Waals surface area contributed by atoms with Gasteiger partial charge >= 0.3 is 0 Å². The van der Waals surface area contributed by atoms with Crippen molar-refractivity contribution < 1.29 is 0 Å². The van der Waals surface area contributed by atoms with Crippen LogP contribution in [0.15, 0.2) is 23.3 Å². The second-order valence-corrected chi connectivity index (χ2v) is 4.84. The van der Waals surface area contributed by atoms with E-state index in [0.29, 0.717) is 17.1 Å². The molecule has 0 saturated heterocycles. The smallest absolute Gasteiger partial charge is 0.280 e. The van der Waals surface area contributed by atoms with Crippen LogP contribution in [0.1, 0.15) is 25.8 Å². The minimum Gasteiger partial charge on any atom is -0.369 e. The van der Waals surface area contributed by atoms with Crippen molar-refractivity contribution in [2.75, 3.05) is 5.73 Å². The van der Waals surface area contributed by atoms with Crippen LogP contribution in [0, 0.1) is 5.92 Å². The number of aromatic nitrogens is 4. The van der Waals surface area contributed by atoms with Crippen LogP contribution in [0.2, 0.25) is 0 Å². The summed E-state index contributed by atoms with van der Waals surface area (Å²) in [5, 5.41) is 0. The number of nitrogens with two attached hydrogens (primary N) is 1. The Balaban J connectivity index is 2.19. The van der Waals surface area contributed by atoms with Crippen LogP contribution in [0.3, 0.4) is 0 Å². The van der Waals surface area contributed by atoms with Gasteiger partial charge in [-0.2, -0.15) is 4.98 Å². The highest BCUT2D eigenvalue weighted by molar-refractivity contribution is 5.70. The summed E-state index contributed by atoms with van der Waals surface area (Å²) in [5.41, 5.74) is 7.32. The Kier molecular flexibility index (Phi) is 2.26. The van der Waals surface area contributed by atoms with E-state index in [-0.39, 0.29) is 17.5 Å². The summed E-state index contributed by atoms with van der Waals surface area (Å²) in [4.78, 5) is 22.5. The number of nitrogens with one attached hydrogen (secondary N) is 1. The molecule has 1 aliphatic carbocycles. The van der Waals surface area contributed by atoms with Crippen molar-refractivity contribution in [2.24, 2.45) is 5.92 Å². The van der Waals surface area contributed by atoms with Crippen molar-refractivity contribution in [2.45, 2.75) is 25.8 Å². The van der Waals surface area contributed by atoms with Gasteiger partial charge in [0.25, 0.3) is 5.56 Å². The maximum Gasteiger partial charge on any atom is 0.280 e. The van der Waals surface area contributed by atoms with Crippen LogP contribution in [-0.2, 0) is 0 Å². The van der Waals surface area contributed by atoms with Gasteiger partial charge in [0.2, 0.25) is 5.95 Å². The summed E-state index contributed by atoms with van der Waals surface area (Å²) in [7, 11) is 0. The Labute approximate surface area is 104 Å². The van der Waals surface area contributed by atoms with Gasteiger partial charge in [-0.05, 0) is 18.8 Å². The summed E-state index contributed by atoms with van der Waals surface area (Å²) < 4.78 is 1.91. The third-order valence-corrected chi connectivity index (χ3v) is 3.72. The molecule has 2 unspecified atom stereocenters. The summed E-state index contributed by atoms with van der Waals surface area (Å²) in [6.45, 7) is 6.29. The van der Waals surface area contributed by atoms with Gasteiger partial charge in [-0.1, -0.05) is 19.1 Å². The first-order valence-corrected chi connectivity index (χ1v) is 5.99. The molecular formula is C12H15N5O. The summed E-state index contributed by atoms with van der Waals surface area (Å²) in [5.74, 6) is 0.609. The van der Waals surface area contributed by atoms with E-state index in [1.54, 1.807) is 6.33 Å². The fourth-order valence-electron chi connectivity index (χ4n) is 2.60. The molecule has 0 radical (unpaired) electrons. The Morgan fingerprint density at radius 3 is 3.00 bits per heavy atom. The van der Waals surface area contributed by atoms with Crippen LogP contribution in [-0.4, -0.2) is 19.5 Å². The minimum atomic E-state index is -0.298. The predicted octanol–water partition coefficient (Wildman–Crippen LogP) is 1.23. The summed E-state index contributed by atoms with van der Waals surface area (Å²) in [6, 6.07) is 0.165. The molecule has 0 amide bonds. The average molecular weight is 245 g/mol. The van der Waals surface area contributed by atoms with Gasteiger partial charge in [0.1, 0.15) is 0 Å². The van der Waals surface area contributed by atoms with Crippen LogP contribution in [0.5, 0.6) is 0 Å². The topological polar surface area (TPSA) is 89.6 Å². The second-order valence-electron chi connectivity index (χ2n) is 4.84. The number of nitrogens with zero attached hydrogens (tertiary/aromatic N) is 3. The zero-order chi connectivity index (χ0) is 12.9. The number of rotatable bonds is 1. The van der Waals surface area contributed by atoms with Gasteiger partial charge in [-0.15, -0.1) is 0 Å². The van der Waals surface area contributed by atoms with Gasteiger partial charge < -0.3 is 10.3 Å². The van der Waals surface area contributed by atoms with E-state index in [1.165, 1.54) is 0 Å². The number of nitrogen functional groups attached to an aromatic ring is 1. The number of allylic oxidation sites excluding steroid dienone is 1. The third kappa shape index (κ3) is 1.45. The van der Waals surface area contributed by atoms with E-state index < -0.39 is 0 Å². The quantitative estimate of drug-likeness (QED) is 0.739.